The number of carbonyl (C=O) groups is 1. The topological polar surface area (TPSA) is 48.0 Å². The van der Waals surface area contributed by atoms with Gasteiger partial charge in [0.1, 0.15) is 0 Å². The fraction of sp³-hybridized carbons (Fsp3) is 0.100. The molecule has 2 aromatic rings. The zero-order chi connectivity index (χ0) is 9.42. The fourth-order valence-electron chi connectivity index (χ4n) is 1.47. The van der Waals surface area contributed by atoms with E-state index >= 15 is 0 Å². The van der Waals surface area contributed by atoms with Gasteiger partial charge in [0.05, 0.1) is 5.56 Å². The molecule has 0 aliphatic rings. The number of aromatic nitrogens is 1. The lowest BCUT2D eigenvalue weighted by Crippen LogP contribution is -2.09. The van der Waals surface area contributed by atoms with E-state index in [1.807, 2.05) is 23.7 Å². The number of rotatable bonds is 1. The van der Waals surface area contributed by atoms with Crippen LogP contribution in [0.25, 0.3) is 10.9 Å². The Morgan fingerprint density at radius 2 is 2.38 bits per heavy atom. The molecule has 0 spiro atoms. The van der Waals surface area contributed by atoms with Gasteiger partial charge in [0.2, 0.25) is 0 Å². The number of benzene rings is 1. The van der Waals surface area contributed by atoms with Gasteiger partial charge in [-0.2, -0.15) is 0 Å². The average Bonchev–Trinajstić information content (AvgIpc) is 2.45. The Morgan fingerprint density at radius 1 is 1.62 bits per heavy atom. The zero-order valence-electron chi connectivity index (χ0n) is 7.24. The molecule has 3 nitrogen and oxygen atoms in total. The lowest BCUT2D eigenvalue weighted by Gasteiger charge is -1.92. The first-order valence-corrected chi connectivity index (χ1v) is 3.95. The number of carbonyl (C=O) groups excluding carboxylic acids is 1. The average molecular weight is 173 g/mol. The van der Waals surface area contributed by atoms with Gasteiger partial charge in [-0.3, -0.25) is 4.79 Å². The summed E-state index contributed by atoms with van der Waals surface area (Å²) in [6, 6.07) is 8.41. The van der Waals surface area contributed by atoms with E-state index in [1.165, 1.54) is 0 Å². The van der Waals surface area contributed by atoms with E-state index in [0.717, 1.165) is 10.9 Å². The van der Waals surface area contributed by atoms with Crippen molar-refractivity contribution < 1.29 is 4.79 Å². The monoisotopic (exact) mass is 173 g/mol. The lowest BCUT2D eigenvalue weighted by atomic mass is 10.2. The third kappa shape index (κ3) is 1.09. The molecule has 1 heterocycles. The van der Waals surface area contributed by atoms with Crippen molar-refractivity contribution in [3.8, 4) is 0 Å². The van der Waals surface area contributed by atoms with Crippen molar-refractivity contribution in [3.05, 3.63) is 36.0 Å². The van der Waals surface area contributed by atoms with Gasteiger partial charge in [-0.05, 0) is 12.1 Å². The van der Waals surface area contributed by atoms with E-state index in [4.69, 9.17) is 5.73 Å². The van der Waals surface area contributed by atoms with Crippen molar-refractivity contribution in [2.24, 2.45) is 12.8 Å². The molecule has 0 aliphatic carbocycles. The van der Waals surface area contributed by atoms with Crippen molar-refractivity contribution in [2.75, 3.05) is 0 Å². The lowest BCUT2D eigenvalue weighted by molar-refractivity contribution is 0.100. The van der Waals surface area contributed by atoms with Crippen LogP contribution in [0.1, 0.15) is 10.4 Å². The first kappa shape index (κ1) is 7.86. The van der Waals surface area contributed by atoms with Crippen LogP contribution in [0.15, 0.2) is 24.4 Å². The molecule has 0 saturated carbocycles. The largest absolute Gasteiger partial charge is 0.366 e. The maximum Gasteiger partial charge on any atom is 0.250 e. The highest BCUT2D eigenvalue weighted by Gasteiger charge is 2.09. The van der Waals surface area contributed by atoms with Crippen LogP contribution in [0.2, 0.25) is 0 Å². The summed E-state index contributed by atoms with van der Waals surface area (Å²) >= 11 is 0. The molecule has 0 atom stereocenters. The van der Waals surface area contributed by atoms with Gasteiger partial charge in [0.25, 0.3) is 5.91 Å². The second-order valence-corrected chi connectivity index (χ2v) is 2.96. The van der Waals surface area contributed by atoms with Gasteiger partial charge in [0, 0.05) is 24.1 Å². The van der Waals surface area contributed by atoms with Crippen LogP contribution in [-0.4, -0.2) is 10.5 Å². The van der Waals surface area contributed by atoms with Crippen LogP contribution in [0, 0.1) is 6.07 Å². The predicted molar refractivity (Wildman–Crippen MR) is 50.3 cm³/mol. The van der Waals surface area contributed by atoms with E-state index < -0.39 is 5.91 Å². The third-order valence-electron chi connectivity index (χ3n) is 2.10. The molecule has 0 unspecified atom stereocenters. The van der Waals surface area contributed by atoms with Crippen LogP contribution in [0.4, 0.5) is 0 Å². The molecule has 1 radical (unpaired) electrons. The highest BCUT2D eigenvalue weighted by atomic mass is 16.1. The van der Waals surface area contributed by atoms with Crippen LogP contribution in [-0.2, 0) is 7.05 Å². The Hall–Kier alpha value is -1.77. The summed E-state index contributed by atoms with van der Waals surface area (Å²) in [4.78, 5) is 11.0. The van der Waals surface area contributed by atoms with Crippen molar-refractivity contribution >= 4 is 16.8 Å². The molecule has 0 aliphatic heterocycles. The number of fused-ring (bicyclic) bond motifs is 1. The predicted octanol–water partition coefficient (Wildman–Crippen LogP) is 1.08. The molecule has 65 valence electrons. The minimum absolute atomic E-state index is 0.392. The molecule has 13 heavy (non-hydrogen) atoms. The maximum absolute atomic E-state index is 11.0. The van der Waals surface area contributed by atoms with Gasteiger partial charge in [-0.1, -0.05) is 12.1 Å². The van der Waals surface area contributed by atoms with E-state index in [-0.39, 0.29) is 0 Å². The van der Waals surface area contributed by atoms with Crippen molar-refractivity contribution in [1.82, 2.24) is 4.57 Å². The van der Waals surface area contributed by atoms with Crippen molar-refractivity contribution in [3.63, 3.8) is 0 Å². The third-order valence-corrected chi connectivity index (χ3v) is 2.10. The summed E-state index contributed by atoms with van der Waals surface area (Å²) in [6.45, 7) is 0. The number of nitrogens with two attached hydrogens (primary N) is 1. The number of primary amides is 1. The van der Waals surface area contributed by atoms with Gasteiger partial charge in [-0.15, -0.1) is 0 Å². The fourth-order valence-corrected chi connectivity index (χ4v) is 1.47. The number of aryl methyl sites for hydroxylation is 1. The van der Waals surface area contributed by atoms with Crippen LogP contribution >= 0.6 is 0 Å². The molecular formula is C10H9N2O. The summed E-state index contributed by atoms with van der Waals surface area (Å²) in [5, 5.41) is 0.883. The Bertz CT molecular complexity index is 471. The molecule has 1 aromatic heterocycles. The van der Waals surface area contributed by atoms with Gasteiger partial charge in [0.15, 0.2) is 0 Å². The van der Waals surface area contributed by atoms with Crippen LogP contribution < -0.4 is 5.73 Å². The number of amides is 1. The number of hydrogen-bond donors (Lipinski definition) is 1. The first-order valence-electron chi connectivity index (χ1n) is 3.95. The normalized spacial score (nSPS) is 10.5. The summed E-state index contributed by atoms with van der Waals surface area (Å²) in [5.74, 6) is -0.392. The summed E-state index contributed by atoms with van der Waals surface area (Å²) in [7, 11) is 1.88. The smallest absolute Gasteiger partial charge is 0.250 e. The second kappa shape index (κ2) is 2.62. The number of hydrogen-bond acceptors (Lipinski definition) is 1. The van der Waals surface area contributed by atoms with Crippen molar-refractivity contribution in [1.29, 1.82) is 0 Å². The summed E-state index contributed by atoms with van der Waals surface area (Å²) in [5.41, 5.74) is 6.76. The quantitative estimate of drug-likeness (QED) is 0.689. The Morgan fingerprint density at radius 3 is 3.08 bits per heavy atom. The zero-order valence-corrected chi connectivity index (χ0v) is 7.24. The van der Waals surface area contributed by atoms with Crippen molar-refractivity contribution in [2.45, 2.75) is 0 Å². The van der Waals surface area contributed by atoms with E-state index in [2.05, 4.69) is 6.07 Å². The summed E-state index contributed by atoms with van der Waals surface area (Å²) in [6.07, 6.45) is 1.74. The maximum atomic E-state index is 11.0. The standard InChI is InChI=1S/C10H9N2O/c1-12-6-8(10(11)13)7-4-2-3-5-9(7)12/h2,4-6H,1H3,(H2,11,13). The van der Waals surface area contributed by atoms with E-state index in [0.29, 0.717) is 5.56 Å². The SMILES string of the molecule is Cn1cc(C(N)=O)c2cc[c]cc21. The number of nitrogens with zero attached hydrogens (tertiary/aromatic N) is 1. The Balaban J connectivity index is 2.85. The van der Waals surface area contributed by atoms with Crippen LogP contribution in [0.5, 0.6) is 0 Å². The molecule has 3 heteroatoms. The Labute approximate surface area is 75.8 Å². The summed E-state index contributed by atoms with van der Waals surface area (Å²) < 4.78 is 1.87. The molecule has 2 N–H and O–H groups in total. The van der Waals surface area contributed by atoms with Crippen LogP contribution in [0.3, 0.4) is 0 Å². The second-order valence-electron chi connectivity index (χ2n) is 2.96. The minimum atomic E-state index is -0.392. The molecule has 2 rings (SSSR count). The highest BCUT2D eigenvalue weighted by molar-refractivity contribution is 6.06. The van der Waals surface area contributed by atoms with Gasteiger partial charge >= 0.3 is 0 Å². The minimum Gasteiger partial charge on any atom is -0.366 e. The molecule has 0 bridgehead atoms. The van der Waals surface area contributed by atoms with Gasteiger partial charge in [-0.25, -0.2) is 0 Å². The molecule has 0 fully saturated rings. The first-order chi connectivity index (χ1) is 6.20. The highest BCUT2D eigenvalue weighted by Crippen LogP contribution is 2.18. The van der Waals surface area contributed by atoms with Gasteiger partial charge < -0.3 is 10.3 Å². The molecule has 0 saturated heterocycles. The molecule has 1 aromatic carbocycles. The Kier molecular flexibility index (Phi) is 1.59. The molecular weight excluding hydrogens is 164 g/mol. The van der Waals surface area contributed by atoms with E-state index in [9.17, 15) is 4.79 Å². The van der Waals surface area contributed by atoms with E-state index in [1.54, 1.807) is 12.3 Å². The molecule has 1 amide bonds.